The Balaban J connectivity index is 0.00000280. The Morgan fingerprint density at radius 2 is 2.00 bits per heavy atom. The molecule has 1 unspecified atom stereocenters. The van der Waals surface area contributed by atoms with Crippen molar-refractivity contribution < 1.29 is 0 Å². The average molecular weight is 559 g/mol. The quantitative estimate of drug-likeness (QED) is 0.334. The second kappa shape index (κ2) is 10.8. The average Bonchev–Trinajstić information content (AvgIpc) is 3.14. The van der Waals surface area contributed by atoms with Gasteiger partial charge in [-0.3, -0.25) is 4.99 Å². The van der Waals surface area contributed by atoms with Crippen molar-refractivity contribution in [2.45, 2.75) is 19.0 Å². The molecule has 28 heavy (non-hydrogen) atoms. The summed E-state index contributed by atoms with van der Waals surface area (Å²) in [6.07, 6.45) is 1.09. The Morgan fingerprint density at radius 3 is 2.68 bits per heavy atom. The van der Waals surface area contributed by atoms with Crippen LogP contribution >= 0.6 is 39.9 Å². The van der Waals surface area contributed by atoms with Gasteiger partial charge >= 0.3 is 0 Å². The third-order valence-electron chi connectivity index (χ3n) is 4.63. The normalized spacial score (nSPS) is 16.5. The van der Waals surface area contributed by atoms with Gasteiger partial charge in [0.15, 0.2) is 5.96 Å². The van der Waals surface area contributed by atoms with E-state index in [-0.39, 0.29) is 24.0 Å². The smallest absolute Gasteiger partial charge is 0.191 e. The first-order valence-corrected chi connectivity index (χ1v) is 9.95. The Kier molecular flexibility index (Phi) is 8.81. The molecule has 1 aliphatic rings. The number of benzene rings is 1. The maximum absolute atomic E-state index is 4.64. The summed E-state index contributed by atoms with van der Waals surface area (Å²) >= 11 is 3.49. The van der Waals surface area contributed by atoms with Crippen LogP contribution in [-0.4, -0.2) is 51.2 Å². The van der Waals surface area contributed by atoms with Crippen LogP contribution in [0.2, 0.25) is 0 Å². The highest BCUT2D eigenvalue weighted by atomic mass is 127. The summed E-state index contributed by atoms with van der Waals surface area (Å²) in [7, 11) is 5.80. The van der Waals surface area contributed by atoms with Crippen LogP contribution in [0.5, 0.6) is 0 Å². The Morgan fingerprint density at radius 1 is 1.25 bits per heavy atom. The van der Waals surface area contributed by atoms with Crippen molar-refractivity contribution in [1.82, 2.24) is 15.6 Å². The van der Waals surface area contributed by atoms with Crippen LogP contribution < -0.4 is 20.4 Å². The van der Waals surface area contributed by atoms with Crippen LogP contribution in [-0.2, 0) is 6.54 Å². The molecule has 2 aromatic rings. The number of aromatic nitrogens is 1. The third-order valence-corrected chi connectivity index (χ3v) is 5.16. The van der Waals surface area contributed by atoms with Gasteiger partial charge in [0.2, 0.25) is 0 Å². The third kappa shape index (κ3) is 6.23. The molecule has 0 bridgehead atoms. The molecular formula is C20H28BrIN6. The fourth-order valence-corrected chi connectivity index (χ4v) is 3.41. The van der Waals surface area contributed by atoms with Gasteiger partial charge in [-0.05, 0) is 42.8 Å². The number of pyridine rings is 1. The van der Waals surface area contributed by atoms with Gasteiger partial charge in [-0.25, -0.2) is 4.98 Å². The number of hydrogen-bond donors (Lipinski definition) is 2. The number of nitrogens with one attached hydrogen (secondary N) is 2. The molecule has 3 rings (SSSR count). The Hall–Kier alpha value is -1.55. The highest BCUT2D eigenvalue weighted by Crippen LogP contribution is 2.22. The van der Waals surface area contributed by atoms with Gasteiger partial charge < -0.3 is 20.4 Å². The molecule has 1 atom stereocenters. The summed E-state index contributed by atoms with van der Waals surface area (Å²) in [6.45, 7) is 2.66. The van der Waals surface area contributed by atoms with E-state index in [1.165, 1.54) is 5.69 Å². The molecule has 1 aliphatic heterocycles. The molecule has 0 saturated carbocycles. The van der Waals surface area contributed by atoms with Crippen molar-refractivity contribution in [2.24, 2.45) is 4.99 Å². The molecule has 1 fully saturated rings. The van der Waals surface area contributed by atoms with Crippen LogP contribution in [0.1, 0.15) is 12.1 Å². The monoisotopic (exact) mass is 558 g/mol. The van der Waals surface area contributed by atoms with Crippen LogP contribution in [0, 0.1) is 0 Å². The molecule has 8 heteroatoms. The number of hydrogen-bond acceptors (Lipinski definition) is 4. The molecule has 0 radical (unpaired) electrons. The minimum Gasteiger partial charge on any atom is -0.369 e. The lowest BCUT2D eigenvalue weighted by Crippen LogP contribution is -2.44. The summed E-state index contributed by atoms with van der Waals surface area (Å²) in [5.74, 6) is 1.77. The largest absolute Gasteiger partial charge is 0.369 e. The lowest BCUT2D eigenvalue weighted by Gasteiger charge is -2.20. The van der Waals surface area contributed by atoms with E-state index in [1.807, 2.05) is 37.2 Å². The topological polar surface area (TPSA) is 55.8 Å². The predicted molar refractivity (Wildman–Crippen MR) is 132 cm³/mol. The second-order valence-corrected chi connectivity index (χ2v) is 7.78. The van der Waals surface area contributed by atoms with Crippen molar-refractivity contribution >= 4 is 57.4 Å². The molecule has 0 aliphatic carbocycles. The maximum Gasteiger partial charge on any atom is 0.191 e. The number of halogens is 2. The SMILES string of the molecule is CN=C(NCc1cccc(N(C)C)n1)NC1CCN(c2ccc(Br)cc2)C1.I. The molecule has 6 nitrogen and oxygen atoms in total. The van der Waals surface area contributed by atoms with E-state index in [0.29, 0.717) is 12.6 Å². The first-order valence-electron chi connectivity index (χ1n) is 9.16. The summed E-state index contributed by atoms with van der Waals surface area (Å²) in [5, 5.41) is 6.91. The van der Waals surface area contributed by atoms with Gasteiger partial charge in [0.05, 0.1) is 12.2 Å². The highest BCUT2D eigenvalue weighted by molar-refractivity contribution is 14.0. The van der Waals surface area contributed by atoms with E-state index in [1.54, 1.807) is 7.05 Å². The molecule has 1 aromatic heterocycles. The first kappa shape index (κ1) is 22.7. The zero-order chi connectivity index (χ0) is 19.2. The van der Waals surface area contributed by atoms with Crippen LogP contribution in [0.3, 0.4) is 0 Å². The van der Waals surface area contributed by atoms with Gasteiger partial charge in [0.1, 0.15) is 5.82 Å². The molecule has 1 saturated heterocycles. The Bertz CT molecular complexity index is 781. The van der Waals surface area contributed by atoms with Gasteiger partial charge in [-0.15, -0.1) is 24.0 Å². The maximum atomic E-state index is 4.64. The Labute approximate surface area is 193 Å². The van der Waals surface area contributed by atoms with E-state index in [0.717, 1.165) is 41.5 Å². The van der Waals surface area contributed by atoms with Crippen molar-refractivity contribution in [2.75, 3.05) is 44.0 Å². The fourth-order valence-electron chi connectivity index (χ4n) is 3.14. The van der Waals surface area contributed by atoms with E-state index in [2.05, 4.69) is 65.7 Å². The first-order chi connectivity index (χ1) is 13.0. The van der Waals surface area contributed by atoms with E-state index in [4.69, 9.17) is 0 Å². The van der Waals surface area contributed by atoms with Crippen molar-refractivity contribution in [3.63, 3.8) is 0 Å². The van der Waals surface area contributed by atoms with Gasteiger partial charge in [0, 0.05) is 50.4 Å². The number of nitrogens with zero attached hydrogens (tertiary/aromatic N) is 4. The van der Waals surface area contributed by atoms with Crippen LogP contribution in [0.25, 0.3) is 0 Å². The van der Waals surface area contributed by atoms with Gasteiger partial charge in [-0.1, -0.05) is 22.0 Å². The molecule has 2 heterocycles. The summed E-state index contributed by atoms with van der Waals surface area (Å²) in [6, 6.07) is 14.9. The van der Waals surface area contributed by atoms with Crippen molar-refractivity contribution in [3.05, 3.63) is 52.6 Å². The number of rotatable bonds is 5. The van der Waals surface area contributed by atoms with E-state index >= 15 is 0 Å². The highest BCUT2D eigenvalue weighted by Gasteiger charge is 2.23. The lowest BCUT2D eigenvalue weighted by atomic mass is 10.2. The molecule has 0 amide bonds. The summed E-state index contributed by atoms with van der Waals surface area (Å²) in [5.41, 5.74) is 2.25. The molecule has 152 valence electrons. The summed E-state index contributed by atoms with van der Waals surface area (Å²) in [4.78, 5) is 13.4. The summed E-state index contributed by atoms with van der Waals surface area (Å²) < 4.78 is 1.11. The molecule has 0 spiro atoms. The molecular weight excluding hydrogens is 531 g/mol. The zero-order valence-electron chi connectivity index (χ0n) is 16.5. The van der Waals surface area contributed by atoms with E-state index in [9.17, 15) is 0 Å². The lowest BCUT2D eigenvalue weighted by molar-refractivity contribution is 0.647. The number of guanidine groups is 1. The van der Waals surface area contributed by atoms with Crippen molar-refractivity contribution in [1.29, 1.82) is 0 Å². The predicted octanol–water partition coefficient (Wildman–Crippen LogP) is 3.47. The molecule has 2 N–H and O–H groups in total. The zero-order valence-corrected chi connectivity index (χ0v) is 20.4. The standard InChI is InChI=1S/C20H27BrN6.HI/c1-22-20(23-13-16-5-4-6-19(24-16)26(2)3)25-17-11-12-27(14-17)18-9-7-15(21)8-10-18;/h4-10,17H,11-14H2,1-3H3,(H2,22,23,25);1H. The molecule has 1 aromatic carbocycles. The fraction of sp³-hybridized carbons (Fsp3) is 0.400. The van der Waals surface area contributed by atoms with Gasteiger partial charge in [0.25, 0.3) is 0 Å². The second-order valence-electron chi connectivity index (χ2n) is 6.86. The number of anilines is 2. The van der Waals surface area contributed by atoms with Crippen LogP contribution in [0.15, 0.2) is 51.9 Å². The van der Waals surface area contributed by atoms with E-state index < -0.39 is 0 Å². The minimum atomic E-state index is 0. The number of aliphatic imine (C=N–C) groups is 1. The van der Waals surface area contributed by atoms with Crippen LogP contribution in [0.4, 0.5) is 11.5 Å². The van der Waals surface area contributed by atoms with Crippen molar-refractivity contribution in [3.8, 4) is 0 Å². The van der Waals surface area contributed by atoms with Gasteiger partial charge in [-0.2, -0.15) is 0 Å². The minimum absolute atomic E-state index is 0.